The van der Waals surface area contributed by atoms with Crippen LogP contribution in [-0.2, 0) is 16.6 Å². The molecule has 0 spiro atoms. The number of hydrogen-bond donors (Lipinski definition) is 0. The van der Waals surface area contributed by atoms with Crippen LogP contribution in [0, 0.1) is 0 Å². The number of piperazine rings is 1. The van der Waals surface area contributed by atoms with Crippen molar-refractivity contribution >= 4 is 38.2 Å². The van der Waals surface area contributed by atoms with Crippen LogP contribution in [0.3, 0.4) is 0 Å². The van der Waals surface area contributed by atoms with Crippen molar-refractivity contribution in [3.8, 4) is 0 Å². The van der Waals surface area contributed by atoms with Crippen LogP contribution in [0.25, 0.3) is 10.9 Å². The highest BCUT2D eigenvalue weighted by Crippen LogP contribution is 2.29. The van der Waals surface area contributed by atoms with Gasteiger partial charge in [-0.3, -0.25) is 14.7 Å². The van der Waals surface area contributed by atoms with E-state index in [9.17, 15) is 13.2 Å². The molecule has 2 aliphatic rings. The highest BCUT2D eigenvalue weighted by molar-refractivity contribution is 7.89. The zero-order chi connectivity index (χ0) is 22.8. The monoisotopic (exact) mass is 484 g/mol. The van der Waals surface area contributed by atoms with E-state index in [0.29, 0.717) is 31.1 Å². The van der Waals surface area contributed by atoms with Crippen LogP contribution in [0.1, 0.15) is 34.5 Å². The van der Waals surface area contributed by atoms with Gasteiger partial charge in [0.05, 0.1) is 5.52 Å². The van der Waals surface area contributed by atoms with E-state index in [2.05, 4.69) is 34.1 Å². The molecule has 0 bridgehead atoms. The number of benzene rings is 1. The molecule has 1 amide bonds. The van der Waals surface area contributed by atoms with Crippen molar-refractivity contribution in [2.75, 3.05) is 39.3 Å². The molecular formula is C24H28N4O3S2. The van der Waals surface area contributed by atoms with Crippen molar-refractivity contribution < 1.29 is 13.2 Å². The second-order valence-corrected chi connectivity index (χ2v) is 11.5. The third kappa shape index (κ3) is 4.55. The molecule has 3 aromatic rings. The Morgan fingerprint density at radius 2 is 1.70 bits per heavy atom. The summed E-state index contributed by atoms with van der Waals surface area (Å²) in [7, 11) is -3.63. The van der Waals surface area contributed by atoms with E-state index in [4.69, 9.17) is 0 Å². The number of amides is 1. The minimum absolute atomic E-state index is 0.170. The number of piperidine rings is 1. The number of rotatable bonds is 5. The van der Waals surface area contributed by atoms with E-state index in [1.807, 2.05) is 12.3 Å². The molecule has 2 aromatic heterocycles. The van der Waals surface area contributed by atoms with Crippen LogP contribution < -0.4 is 0 Å². The second kappa shape index (κ2) is 9.50. The van der Waals surface area contributed by atoms with E-state index in [0.717, 1.165) is 49.8 Å². The molecule has 4 heterocycles. The van der Waals surface area contributed by atoms with Crippen molar-refractivity contribution in [3.63, 3.8) is 0 Å². The summed E-state index contributed by atoms with van der Waals surface area (Å²) in [5, 5.41) is 2.84. The summed E-state index contributed by atoms with van der Waals surface area (Å²) in [6.07, 6.45) is 4.63. The Balaban J connectivity index is 1.26. The standard InChI is InChI=1S/C24H28N4O3S2/c29-24(23-21(9-17-32-23)33(30,31)28-11-2-1-3-12-28)27-15-13-26(14-16-27)18-20-7-4-6-19-8-5-10-25-22(19)20/h4-10,17H,1-3,11-16,18H2. The van der Waals surface area contributed by atoms with Crippen molar-refractivity contribution in [2.24, 2.45) is 0 Å². The van der Waals surface area contributed by atoms with Crippen LogP contribution >= 0.6 is 11.3 Å². The van der Waals surface area contributed by atoms with Crippen LogP contribution in [-0.4, -0.2) is 72.7 Å². The maximum absolute atomic E-state index is 13.3. The van der Waals surface area contributed by atoms with Gasteiger partial charge in [0.15, 0.2) is 0 Å². The van der Waals surface area contributed by atoms with E-state index in [-0.39, 0.29) is 10.8 Å². The number of aromatic nitrogens is 1. The quantitative estimate of drug-likeness (QED) is 0.555. The van der Waals surface area contributed by atoms with Gasteiger partial charge in [-0.15, -0.1) is 11.3 Å². The number of nitrogens with zero attached hydrogens (tertiary/aromatic N) is 4. The third-order valence-corrected chi connectivity index (χ3v) is 9.50. The predicted molar refractivity (Wildman–Crippen MR) is 130 cm³/mol. The number of para-hydroxylation sites is 1. The van der Waals surface area contributed by atoms with E-state index in [1.54, 1.807) is 16.3 Å². The molecule has 5 rings (SSSR count). The summed E-state index contributed by atoms with van der Waals surface area (Å²) in [5.41, 5.74) is 2.20. The van der Waals surface area contributed by atoms with Gasteiger partial charge in [0, 0.05) is 57.4 Å². The Morgan fingerprint density at radius 3 is 2.48 bits per heavy atom. The maximum Gasteiger partial charge on any atom is 0.265 e. The number of carbonyl (C=O) groups is 1. The number of pyridine rings is 1. The van der Waals surface area contributed by atoms with Gasteiger partial charge in [-0.05, 0) is 35.9 Å². The molecule has 33 heavy (non-hydrogen) atoms. The minimum Gasteiger partial charge on any atom is -0.335 e. The summed E-state index contributed by atoms with van der Waals surface area (Å²) in [5.74, 6) is -0.174. The van der Waals surface area contributed by atoms with Gasteiger partial charge >= 0.3 is 0 Å². The van der Waals surface area contributed by atoms with Crippen LogP contribution in [0.15, 0.2) is 52.9 Å². The fourth-order valence-corrected chi connectivity index (χ4v) is 7.57. The van der Waals surface area contributed by atoms with Gasteiger partial charge in [0.2, 0.25) is 10.0 Å². The lowest BCUT2D eigenvalue weighted by molar-refractivity contribution is 0.0630. The lowest BCUT2D eigenvalue weighted by Gasteiger charge is -2.35. The second-order valence-electron chi connectivity index (χ2n) is 8.64. The first-order valence-electron chi connectivity index (χ1n) is 11.5. The number of fused-ring (bicyclic) bond motifs is 1. The molecule has 0 aliphatic carbocycles. The fraction of sp³-hybridized carbons (Fsp3) is 0.417. The Labute approximate surface area is 198 Å². The number of sulfonamides is 1. The summed E-state index contributed by atoms with van der Waals surface area (Å²) >= 11 is 1.23. The molecule has 2 fully saturated rings. The first-order valence-corrected chi connectivity index (χ1v) is 13.8. The molecular weight excluding hydrogens is 456 g/mol. The summed E-state index contributed by atoms with van der Waals surface area (Å²) in [6.45, 7) is 4.50. The van der Waals surface area contributed by atoms with Gasteiger partial charge in [-0.2, -0.15) is 4.31 Å². The summed E-state index contributed by atoms with van der Waals surface area (Å²) in [4.78, 5) is 22.4. The Morgan fingerprint density at radius 1 is 0.939 bits per heavy atom. The molecule has 2 aliphatic heterocycles. The van der Waals surface area contributed by atoms with E-state index < -0.39 is 10.0 Å². The first kappa shape index (κ1) is 22.5. The average molecular weight is 485 g/mol. The van der Waals surface area contributed by atoms with Crippen molar-refractivity contribution in [3.05, 3.63) is 58.4 Å². The Hall–Kier alpha value is -2.33. The molecule has 0 N–H and O–H groups in total. The normalized spacial score (nSPS) is 18.6. The van der Waals surface area contributed by atoms with Crippen LogP contribution in [0.2, 0.25) is 0 Å². The van der Waals surface area contributed by atoms with E-state index in [1.165, 1.54) is 21.2 Å². The maximum atomic E-state index is 13.3. The number of thiophene rings is 1. The Bertz CT molecular complexity index is 1240. The lowest BCUT2D eigenvalue weighted by atomic mass is 10.1. The smallest absolute Gasteiger partial charge is 0.265 e. The lowest BCUT2D eigenvalue weighted by Crippen LogP contribution is -2.48. The molecule has 0 saturated carbocycles. The van der Waals surface area contributed by atoms with Gasteiger partial charge in [0.25, 0.3) is 5.91 Å². The first-order chi connectivity index (χ1) is 16.0. The Kier molecular flexibility index (Phi) is 6.47. The molecule has 0 atom stereocenters. The molecule has 0 unspecified atom stereocenters. The predicted octanol–water partition coefficient (Wildman–Crippen LogP) is 3.43. The molecule has 2 saturated heterocycles. The minimum atomic E-state index is -3.63. The molecule has 9 heteroatoms. The zero-order valence-electron chi connectivity index (χ0n) is 18.5. The van der Waals surface area contributed by atoms with Crippen molar-refractivity contribution in [1.82, 2.24) is 19.1 Å². The van der Waals surface area contributed by atoms with Crippen LogP contribution in [0.4, 0.5) is 0 Å². The molecule has 7 nitrogen and oxygen atoms in total. The fourth-order valence-electron chi connectivity index (χ4n) is 4.69. The third-order valence-electron chi connectivity index (χ3n) is 6.53. The molecule has 174 valence electrons. The molecule has 1 aromatic carbocycles. The highest BCUT2D eigenvalue weighted by Gasteiger charge is 2.33. The number of hydrogen-bond acceptors (Lipinski definition) is 6. The van der Waals surface area contributed by atoms with Crippen molar-refractivity contribution in [2.45, 2.75) is 30.7 Å². The van der Waals surface area contributed by atoms with Gasteiger partial charge in [-0.25, -0.2) is 8.42 Å². The largest absolute Gasteiger partial charge is 0.335 e. The van der Waals surface area contributed by atoms with Crippen LogP contribution in [0.5, 0.6) is 0 Å². The summed E-state index contributed by atoms with van der Waals surface area (Å²) in [6, 6.07) is 11.8. The SMILES string of the molecule is O=C(c1sccc1S(=O)(=O)N1CCCCC1)N1CCN(Cc2cccc3cccnc23)CC1. The van der Waals surface area contributed by atoms with Gasteiger partial charge < -0.3 is 4.90 Å². The average Bonchev–Trinajstić information content (AvgIpc) is 3.36. The topological polar surface area (TPSA) is 73.8 Å². The number of carbonyl (C=O) groups excluding carboxylic acids is 1. The van der Waals surface area contributed by atoms with Crippen molar-refractivity contribution in [1.29, 1.82) is 0 Å². The summed E-state index contributed by atoms with van der Waals surface area (Å²) < 4.78 is 27.9. The molecule has 0 radical (unpaired) electrons. The van der Waals surface area contributed by atoms with Gasteiger partial charge in [0.1, 0.15) is 9.77 Å². The highest BCUT2D eigenvalue weighted by atomic mass is 32.2. The van der Waals surface area contributed by atoms with E-state index >= 15 is 0 Å². The zero-order valence-corrected chi connectivity index (χ0v) is 20.2. The van der Waals surface area contributed by atoms with Gasteiger partial charge in [-0.1, -0.05) is 30.7 Å².